The summed E-state index contributed by atoms with van der Waals surface area (Å²) in [6.45, 7) is 21.7. The number of benzene rings is 2. The lowest BCUT2D eigenvalue weighted by atomic mass is 9.63. The molecule has 0 amide bonds. The molecule has 65 heavy (non-hydrogen) atoms. The van der Waals surface area contributed by atoms with E-state index in [9.17, 15) is 0 Å². The molecule has 2 aromatic carbocycles. The maximum atomic E-state index is 19.5. The standard InChI is InChI=1S/C56H76F4N2S3/c1-11-19-23-35(15-5)29-55(30-36(16-6)24-20-12-2)39-27-33(9)63-53(39)43-45(55)49(59)44-46(48(43)58)56(31-37(17-7)25-21-13-3,32-38(18-8)26-22-14-4)40-28-41(64-54(40)44)42-50(60)47(57)34(10)51-52(42)62-65-61-51/h27-28,35-38H,11-26,29-32H2,1-10H3. The minimum absolute atomic E-state index is 0.0835. The molecular weight excluding hydrogens is 873 g/mol. The lowest BCUT2D eigenvalue weighted by Crippen LogP contribution is -2.34. The van der Waals surface area contributed by atoms with Crippen LogP contribution < -0.4 is 0 Å². The molecule has 356 valence electrons. The summed E-state index contributed by atoms with van der Waals surface area (Å²) in [5.41, 5.74) is 3.41. The Morgan fingerprint density at radius 2 is 0.892 bits per heavy atom. The van der Waals surface area contributed by atoms with Crippen molar-refractivity contribution < 1.29 is 17.6 Å². The number of nitrogens with zero attached hydrogens (tertiary/aromatic N) is 2. The van der Waals surface area contributed by atoms with Crippen molar-refractivity contribution in [1.29, 1.82) is 0 Å². The van der Waals surface area contributed by atoms with E-state index in [4.69, 9.17) is 0 Å². The van der Waals surface area contributed by atoms with Crippen LogP contribution in [0.5, 0.6) is 0 Å². The van der Waals surface area contributed by atoms with Crippen LogP contribution in [0, 0.1) is 60.8 Å². The Morgan fingerprint density at radius 3 is 1.31 bits per heavy atom. The molecule has 0 bridgehead atoms. The molecule has 2 aliphatic carbocycles. The number of rotatable bonds is 25. The lowest BCUT2D eigenvalue weighted by molar-refractivity contribution is 0.257. The highest BCUT2D eigenvalue weighted by atomic mass is 32.1. The molecule has 5 aromatic rings. The van der Waals surface area contributed by atoms with E-state index >= 15 is 17.6 Å². The van der Waals surface area contributed by atoms with Crippen molar-refractivity contribution in [2.45, 2.75) is 208 Å². The topological polar surface area (TPSA) is 25.8 Å². The molecule has 0 fully saturated rings. The summed E-state index contributed by atoms with van der Waals surface area (Å²) in [4.78, 5) is 3.29. The largest absolute Gasteiger partial charge is 0.206 e. The Hall–Kier alpha value is -2.62. The molecule has 0 saturated carbocycles. The van der Waals surface area contributed by atoms with Crippen molar-refractivity contribution in [1.82, 2.24) is 8.75 Å². The summed E-state index contributed by atoms with van der Waals surface area (Å²) in [7, 11) is 0. The number of unbranched alkanes of at least 4 members (excludes halogenated alkanes) is 4. The van der Waals surface area contributed by atoms with Gasteiger partial charge in [0.2, 0.25) is 0 Å². The Labute approximate surface area is 401 Å². The average molecular weight is 949 g/mol. The molecule has 4 atom stereocenters. The molecule has 2 aliphatic rings. The molecule has 0 saturated heterocycles. The van der Waals surface area contributed by atoms with Gasteiger partial charge in [-0.15, -0.1) is 22.7 Å². The molecule has 4 unspecified atom stereocenters. The highest BCUT2D eigenvalue weighted by molar-refractivity contribution is 7.19. The molecule has 3 aromatic heterocycles. The minimum Gasteiger partial charge on any atom is -0.206 e. The molecule has 0 spiro atoms. The Kier molecular flexibility index (Phi) is 16.5. The number of fused-ring (bicyclic) bond motifs is 7. The molecule has 9 heteroatoms. The predicted molar refractivity (Wildman–Crippen MR) is 272 cm³/mol. The summed E-state index contributed by atoms with van der Waals surface area (Å²) in [5, 5.41) is 0. The molecular formula is C56H76F4N2S3. The van der Waals surface area contributed by atoms with Gasteiger partial charge in [-0.3, -0.25) is 0 Å². The maximum Gasteiger partial charge on any atom is 0.170 e. The average Bonchev–Trinajstić information content (AvgIpc) is 4.13. The van der Waals surface area contributed by atoms with E-state index in [2.05, 4.69) is 77.1 Å². The fraction of sp³-hybridized carbons (Fsp3) is 0.643. The van der Waals surface area contributed by atoms with E-state index < -0.39 is 22.5 Å². The third kappa shape index (κ3) is 8.96. The summed E-state index contributed by atoms with van der Waals surface area (Å²) < 4.78 is 80.3. The monoisotopic (exact) mass is 949 g/mol. The zero-order chi connectivity index (χ0) is 46.8. The van der Waals surface area contributed by atoms with Crippen LogP contribution in [0.2, 0.25) is 0 Å². The number of aryl methyl sites for hydroxylation is 2. The number of hydrogen-bond acceptors (Lipinski definition) is 5. The van der Waals surface area contributed by atoms with E-state index in [-0.39, 0.29) is 34.6 Å². The van der Waals surface area contributed by atoms with Gasteiger partial charge in [0.15, 0.2) is 11.6 Å². The molecule has 0 aliphatic heterocycles. The second-order valence-corrected chi connectivity index (χ2v) is 23.2. The van der Waals surface area contributed by atoms with Gasteiger partial charge in [-0.25, -0.2) is 17.6 Å². The summed E-state index contributed by atoms with van der Waals surface area (Å²) in [6, 6.07) is 4.31. The Balaban J connectivity index is 1.61. The zero-order valence-electron chi connectivity index (χ0n) is 41.2. The Bertz CT molecular complexity index is 2390. The molecule has 2 nitrogen and oxygen atoms in total. The summed E-state index contributed by atoms with van der Waals surface area (Å²) in [5.74, 6) is -1.13. The van der Waals surface area contributed by atoms with Crippen LogP contribution in [0.1, 0.15) is 217 Å². The second-order valence-electron chi connectivity index (χ2n) is 20.3. The van der Waals surface area contributed by atoms with E-state index in [1.165, 1.54) is 11.3 Å². The van der Waals surface area contributed by atoms with Gasteiger partial charge in [0.05, 0.1) is 17.3 Å². The van der Waals surface area contributed by atoms with Gasteiger partial charge in [-0.05, 0) is 86.5 Å². The molecule has 0 N–H and O–H groups in total. The zero-order valence-corrected chi connectivity index (χ0v) is 43.7. The van der Waals surface area contributed by atoms with Crippen molar-refractivity contribution >= 4 is 45.4 Å². The number of thiophene rings is 2. The van der Waals surface area contributed by atoms with Gasteiger partial charge in [-0.2, -0.15) is 8.75 Å². The van der Waals surface area contributed by atoms with Gasteiger partial charge in [0, 0.05) is 58.2 Å². The third-order valence-corrected chi connectivity index (χ3v) is 19.0. The van der Waals surface area contributed by atoms with E-state index in [0.717, 1.165) is 148 Å². The van der Waals surface area contributed by atoms with Gasteiger partial charge in [-0.1, -0.05) is 158 Å². The molecule has 3 heterocycles. The van der Waals surface area contributed by atoms with E-state index in [1.807, 2.05) is 6.07 Å². The fourth-order valence-electron chi connectivity index (χ4n) is 12.5. The van der Waals surface area contributed by atoms with E-state index in [0.29, 0.717) is 67.7 Å². The quantitative estimate of drug-likeness (QED) is 0.0545. The first kappa shape index (κ1) is 50.3. The first-order valence-electron chi connectivity index (χ1n) is 25.8. The smallest absolute Gasteiger partial charge is 0.170 e. The number of halogens is 4. The first-order valence-corrected chi connectivity index (χ1v) is 28.1. The van der Waals surface area contributed by atoms with Gasteiger partial charge in [0.1, 0.15) is 22.7 Å². The van der Waals surface area contributed by atoms with Crippen LogP contribution in [0.25, 0.3) is 42.4 Å². The van der Waals surface area contributed by atoms with Crippen LogP contribution in [0.3, 0.4) is 0 Å². The number of aromatic nitrogens is 2. The van der Waals surface area contributed by atoms with Crippen LogP contribution in [-0.2, 0) is 10.8 Å². The molecule has 7 rings (SSSR count). The number of hydrogen-bond donors (Lipinski definition) is 0. The van der Waals surface area contributed by atoms with Gasteiger partial charge >= 0.3 is 0 Å². The highest BCUT2D eigenvalue weighted by Gasteiger charge is 2.56. The normalized spacial score (nSPS) is 19.4. The van der Waals surface area contributed by atoms with Crippen LogP contribution in [0.4, 0.5) is 17.6 Å². The second kappa shape index (κ2) is 21.3. The van der Waals surface area contributed by atoms with Crippen molar-refractivity contribution in [3.05, 3.63) is 68.1 Å². The summed E-state index contributed by atoms with van der Waals surface area (Å²) >= 11 is 3.92. The van der Waals surface area contributed by atoms with Gasteiger partial charge in [0.25, 0.3) is 0 Å². The van der Waals surface area contributed by atoms with Crippen molar-refractivity contribution in [2.24, 2.45) is 23.7 Å². The predicted octanol–water partition coefficient (Wildman–Crippen LogP) is 19.6. The summed E-state index contributed by atoms with van der Waals surface area (Å²) in [6.07, 6.45) is 19.6. The third-order valence-electron chi connectivity index (χ3n) is 16.2. The lowest BCUT2D eigenvalue weighted by Gasteiger charge is -2.40. The van der Waals surface area contributed by atoms with Gasteiger partial charge < -0.3 is 0 Å². The van der Waals surface area contributed by atoms with Crippen molar-refractivity contribution in [3.8, 4) is 31.3 Å². The van der Waals surface area contributed by atoms with Crippen molar-refractivity contribution in [3.63, 3.8) is 0 Å². The van der Waals surface area contributed by atoms with E-state index in [1.54, 1.807) is 18.3 Å². The highest BCUT2D eigenvalue weighted by Crippen LogP contribution is 2.67. The fourth-order valence-corrected chi connectivity index (χ4v) is 15.6. The van der Waals surface area contributed by atoms with Crippen molar-refractivity contribution in [2.75, 3.05) is 0 Å². The minimum atomic E-state index is -0.952. The van der Waals surface area contributed by atoms with Crippen LogP contribution in [-0.4, -0.2) is 8.75 Å². The SMILES string of the molecule is CCCCC(CC)CC1(CC(CC)CCCC)c2cc(C)sc2-c2c(F)c3c(c(F)c21)-c1sc(-c2c(F)c(F)c(C)c4nsnc24)cc1C3(CC(CC)CCCC)CC(CC)CCCC. The first-order chi connectivity index (χ1) is 31.3. The molecule has 0 radical (unpaired) electrons. The maximum absolute atomic E-state index is 19.5. The van der Waals surface area contributed by atoms with Crippen LogP contribution >= 0.6 is 34.4 Å². The van der Waals surface area contributed by atoms with Crippen LogP contribution in [0.15, 0.2) is 12.1 Å². The Morgan fingerprint density at radius 1 is 0.492 bits per heavy atom.